The van der Waals surface area contributed by atoms with E-state index in [1.54, 1.807) is 11.3 Å². The highest BCUT2D eigenvalue weighted by molar-refractivity contribution is 7.09. The van der Waals surface area contributed by atoms with Crippen molar-refractivity contribution < 1.29 is 0 Å². The van der Waals surface area contributed by atoms with Crippen LogP contribution in [0, 0.1) is 6.92 Å². The minimum Gasteiger partial charge on any atom is -0.343 e. The van der Waals surface area contributed by atoms with Crippen LogP contribution in [0.5, 0.6) is 0 Å². The molecule has 0 amide bonds. The quantitative estimate of drug-likeness (QED) is 0.883. The van der Waals surface area contributed by atoms with Gasteiger partial charge in [-0.2, -0.15) is 0 Å². The third-order valence-corrected chi connectivity index (χ3v) is 3.54. The van der Waals surface area contributed by atoms with Gasteiger partial charge in [0.2, 0.25) is 0 Å². The summed E-state index contributed by atoms with van der Waals surface area (Å²) in [4.78, 5) is 4.50. The Kier molecular flexibility index (Phi) is 3.97. The molecular formula is C13H19N3S. The topological polar surface area (TPSA) is 29.9 Å². The SMILES string of the molecule is Cc1csc(Cn2cccc2CNC(C)C)n1. The van der Waals surface area contributed by atoms with Crippen LogP contribution < -0.4 is 5.32 Å². The second kappa shape index (κ2) is 5.47. The molecule has 0 atom stereocenters. The molecule has 0 aromatic carbocycles. The molecule has 0 aliphatic carbocycles. The molecule has 2 aromatic heterocycles. The van der Waals surface area contributed by atoms with Gasteiger partial charge in [-0.05, 0) is 19.1 Å². The van der Waals surface area contributed by atoms with Crippen LogP contribution in [-0.4, -0.2) is 15.6 Å². The predicted octanol–water partition coefficient (Wildman–Crippen LogP) is 2.80. The number of thiazole rings is 1. The van der Waals surface area contributed by atoms with E-state index in [2.05, 4.69) is 52.4 Å². The van der Waals surface area contributed by atoms with Gasteiger partial charge in [0.15, 0.2) is 0 Å². The van der Waals surface area contributed by atoms with E-state index < -0.39 is 0 Å². The molecule has 0 aliphatic rings. The van der Waals surface area contributed by atoms with Gasteiger partial charge in [0.05, 0.1) is 6.54 Å². The Morgan fingerprint density at radius 3 is 2.94 bits per heavy atom. The van der Waals surface area contributed by atoms with Gasteiger partial charge in [-0.15, -0.1) is 11.3 Å². The smallest absolute Gasteiger partial charge is 0.113 e. The molecule has 0 aliphatic heterocycles. The fourth-order valence-corrected chi connectivity index (χ4v) is 2.46. The number of nitrogens with one attached hydrogen (secondary N) is 1. The monoisotopic (exact) mass is 249 g/mol. The zero-order valence-corrected chi connectivity index (χ0v) is 11.4. The average molecular weight is 249 g/mol. The van der Waals surface area contributed by atoms with E-state index in [0.717, 1.165) is 18.8 Å². The van der Waals surface area contributed by atoms with Crippen LogP contribution in [0.25, 0.3) is 0 Å². The summed E-state index contributed by atoms with van der Waals surface area (Å²) in [6, 6.07) is 4.77. The maximum absolute atomic E-state index is 4.50. The summed E-state index contributed by atoms with van der Waals surface area (Å²) < 4.78 is 2.26. The molecule has 4 heteroatoms. The molecule has 0 saturated heterocycles. The molecule has 0 saturated carbocycles. The minimum absolute atomic E-state index is 0.514. The van der Waals surface area contributed by atoms with Gasteiger partial charge < -0.3 is 9.88 Å². The normalized spacial score (nSPS) is 11.3. The number of hydrogen-bond donors (Lipinski definition) is 1. The first-order valence-corrected chi connectivity index (χ1v) is 6.81. The van der Waals surface area contributed by atoms with Gasteiger partial charge in [-0.1, -0.05) is 13.8 Å². The summed E-state index contributed by atoms with van der Waals surface area (Å²) in [5.41, 5.74) is 2.42. The first-order chi connectivity index (χ1) is 8.15. The van der Waals surface area contributed by atoms with Crippen molar-refractivity contribution in [2.75, 3.05) is 0 Å². The van der Waals surface area contributed by atoms with Gasteiger partial charge in [0.1, 0.15) is 5.01 Å². The Morgan fingerprint density at radius 2 is 2.29 bits per heavy atom. The van der Waals surface area contributed by atoms with Crippen molar-refractivity contribution in [2.24, 2.45) is 0 Å². The van der Waals surface area contributed by atoms with Gasteiger partial charge in [0, 0.05) is 35.6 Å². The summed E-state index contributed by atoms with van der Waals surface area (Å²) >= 11 is 1.73. The lowest BCUT2D eigenvalue weighted by molar-refractivity contribution is 0.564. The number of nitrogens with zero attached hydrogens (tertiary/aromatic N) is 2. The Morgan fingerprint density at radius 1 is 1.47 bits per heavy atom. The lowest BCUT2D eigenvalue weighted by atomic mass is 10.3. The van der Waals surface area contributed by atoms with Crippen LogP contribution in [0.1, 0.15) is 30.2 Å². The molecule has 0 radical (unpaired) electrons. The summed E-state index contributed by atoms with van der Waals surface area (Å²) in [7, 11) is 0. The van der Waals surface area contributed by atoms with E-state index in [1.807, 2.05) is 6.92 Å². The number of aryl methyl sites for hydroxylation is 1. The Bertz CT molecular complexity index is 470. The maximum atomic E-state index is 4.50. The summed E-state index contributed by atoms with van der Waals surface area (Å²) in [5.74, 6) is 0. The second-order valence-corrected chi connectivity index (χ2v) is 5.49. The number of rotatable bonds is 5. The highest BCUT2D eigenvalue weighted by Crippen LogP contribution is 2.12. The molecule has 0 fully saturated rings. The average Bonchev–Trinajstić information content (AvgIpc) is 2.86. The van der Waals surface area contributed by atoms with E-state index in [9.17, 15) is 0 Å². The molecule has 17 heavy (non-hydrogen) atoms. The van der Waals surface area contributed by atoms with Crippen LogP contribution >= 0.6 is 11.3 Å². The second-order valence-electron chi connectivity index (χ2n) is 4.55. The first kappa shape index (κ1) is 12.3. The highest BCUT2D eigenvalue weighted by Gasteiger charge is 2.04. The molecule has 0 spiro atoms. The molecular weight excluding hydrogens is 230 g/mol. The van der Waals surface area contributed by atoms with Crippen molar-refractivity contribution in [3.8, 4) is 0 Å². The largest absolute Gasteiger partial charge is 0.343 e. The van der Waals surface area contributed by atoms with Crippen molar-refractivity contribution in [1.29, 1.82) is 0 Å². The molecule has 2 rings (SSSR count). The first-order valence-electron chi connectivity index (χ1n) is 5.93. The van der Waals surface area contributed by atoms with Gasteiger partial charge in [-0.25, -0.2) is 4.98 Å². The van der Waals surface area contributed by atoms with Crippen molar-refractivity contribution in [3.05, 3.63) is 40.1 Å². The fourth-order valence-electron chi connectivity index (χ4n) is 1.69. The Balaban J connectivity index is 2.03. The van der Waals surface area contributed by atoms with E-state index >= 15 is 0 Å². The lowest BCUT2D eigenvalue weighted by Gasteiger charge is -2.11. The summed E-state index contributed by atoms with van der Waals surface area (Å²) in [6.45, 7) is 8.15. The Labute approximate surface area is 107 Å². The fraction of sp³-hybridized carbons (Fsp3) is 0.462. The zero-order chi connectivity index (χ0) is 12.3. The summed E-state index contributed by atoms with van der Waals surface area (Å²) in [5, 5.41) is 6.71. The van der Waals surface area contributed by atoms with Crippen molar-refractivity contribution in [2.45, 2.75) is 39.9 Å². The number of aromatic nitrogens is 2. The predicted molar refractivity (Wildman–Crippen MR) is 72.4 cm³/mol. The highest BCUT2D eigenvalue weighted by atomic mass is 32.1. The summed E-state index contributed by atoms with van der Waals surface area (Å²) in [6.07, 6.45) is 2.12. The van der Waals surface area contributed by atoms with Crippen LogP contribution in [-0.2, 0) is 13.1 Å². The standard InChI is InChI=1S/C13H19N3S/c1-10(2)14-7-12-5-4-6-16(12)8-13-15-11(3)9-17-13/h4-6,9-10,14H,7-8H2,1-3H3. The number of hydrogen-bond acceptors (Lipinski definition) is 3. The van der Waals surface area contributed by atoms with Crippen molar-refractivity contribution in [1.82, 2.24) is 14.9 Å². The van der Waals surface area contributed by atoms with Crippen LogP contribution in [0.2, 0.25) is 0 Å². The van der Waals surface area contributed by atoms with Crippen molar-refractivity contribution >= 4 is 11.3 Å². The van der Waals surface area contributed by atoms with Gasteiger partial charge >= 0.3 is 0 Å². The molecule has 2 heterocycles. The lowest BCUT2D eigenvalue weighted by Crippen LogP contribution is -2.23. The Hall–Kier alpha value is -1.13. The van der Waals surface area contributed by atoms with E-state index in [1.165, 1.54) is 10.7 Å². The van der Waals surface area contributed by atoms with E-state index in [-0.39, 0.29) is 0 Å². The van der Waals surface area contributed by atoms with Crippen LogP contribution in [0.15, 0.2) is 23.7 Å². The maximum Gasteiger partial charge on any atom is 0.113 e. The van der Waals surface area contributed by atoms with Crippen LogP contribution in [0.4, 0.5) is 0 Å². The molecule has 0 bridgehead atoms. The zero-order valence-electron chi connectivity index (χ0n) is 10.6. The third kappa shape index (κ3) is 3.41. The van der Waals surface area contributed by atoms with E-state index in [0.29, 0.717) is 6.04 Å². The third-order valence-electron chi connectivity index (χ3n) is 2.59. The van der Waals surface area contributed by atoms with Crippen LogP contribution in [0.3, 0.4) is 0 Å². The molecule has 2 aromatic rings. The molecule has 0 unspecified atom stereocenters. The van der Waals surface area contributed by atoms with Gasteiger partial charge in [-0.3, -0.25) is 0 Å². The molecule has 1 N–H and O–H groups in total. The minimum atomic E-state index is 0.514. The van der Waals surface area contributed by atoms with Gasteiger partial charge in [0.25, 0.3) is 0 Å². The molecule has 92 valence electrons. The van der Waals surface area contributed by atoms with E-state index in [4.69, 9.17) is 0 Å². The molecule has 3 nitrogen and oxygen atoms in total. The van der Waals surface area contributed by atoms with Crippen molar-refractivity contribution in [3.63, 3.8) is 0 Å².